The lowest BCUT2D eigenvalue weighted by Crippen LogP contribution is -2.03. The molecule has 1 N–H and O–H groups in total. The summed E-state index contributed by atoms with van der Waals surface area (Å²) in [4.78, 5) is 0. The molecule has 1 aromatic carbocycles. The number of rotatable bonds is 5. The van der Waals surface area contributed by atoms with Crippen molar-refractivity contribution in [1.29, 1.82) is 15.8 Å². The van der Waals surface area contributed by atoms with E-state index >= 15 is 0 Å². The first-order chi connectivity index (χ1) is 11.1. The van der Waals surface area contributed by atoms with Crippen LogP contribution < -0.4 is 18.9 Å². The number of ether oxygens (including phenoxy) is 4. The highest BCUT2D eigenvalue weighted by molar-refractivity contribution is 5.93. The molecule has 0 spiro atoms. The number of hydrogen-bond acceptors (Lipinski definition) is 8. The summed E-state index contributed by atoms with van der Waals surface area (Å²) in [6.45, 7) is 0. The first kappa shape index (κ1) is 17.5. The molecule has 8 heteroatoms. The minimum atomic E-state index is -0.445. The van der Waals surface area contributed by atoms with Gasteiger partial charge in [0.1, 0.15) is 23.8 Å². The third kappa shape index (κ3) is 2.76. The highest BCUT2D eigenvalue weighted by Crippen LogP contribution is 2.55. The summed E-state index contributed by atoms with van der Waals surface area (Å²) in [7, 11) is 5.11. The standard InChI is InChI=1S/C15H13N3O5/c1-20-12-10(9(7-18)8(5-16)6-17)13(21-2)15(23-4)11(19)14(12)22-3/h19H,1-4H3. The van der Waals surface area contributed by atoms with E-state index in [1.807, 2.05) is 0 Å². The van der Waals surface area contributed by atoms with Gasteiger partial charge in [-0.2, -0.15) is 15.8 Å². The molecule has 0 radical (unpaired) electrons. The van der Waals surface area contributed by atoms with Crippen LogP contribution in [0.5, 0.6) is 28.7 Å². The first-order valence-corrected chi connectivity index (χ1v) is 6.09. The zero-order valence-electron chi connectivity index (χ0n) is 12.9. The van der Waals surface area contributed by atoms with Crippen molar-refractivity contribution >= 4 is 5.57 Å². The van der Waals surface area contributed by atoms with Gasteiger partial charge in [-0.3, -0.25) is 0 Å². The second-order valence-electron chi connectivity index (χ2n) is 3.94. The van der Waals surface area contributed by atoms with Crippen LogP contribution in [0.2, 0.25) is 0 Å². The molecule has 1 aromatic rings. The molecule has 0 aliphatic carbocycles. The van der Waals surface area contributed by atoms with E-state index in [1.54, 1.807) is 18.2 Å². The van der Waals surface area contributed by atoms with Gasteiger partial charge in [0.2, 0.25) is 17.2 Å². The summed E-state index contributed by atoms with van der Waals surface area (Å²) in [5.74, 6) is -0.782. The molecule has 0 bridgehead atoms. The first-order valence-electron chi connectivity index (χ1n) is 6.09. The van der Waals surface area contributed by atoms with Gasteiger partial charge in [0.15, 0.2) is 11.5 Å². The molecule has 0 aliphatic heterocycles. The topological polar surface area (TPSA) is 129 Å². The van der Waals surface area contributed by atoms with Gasteiger partial charge in [0.25, 0.3) is 0 Å². The van der Waals surface area contributed by atoms with E-state index in [1.165, 1.54) is 28.4 Å². The Labute approximate surface area is 132 Å². The van der Waals surface area contributed by atoms with Crippen molar-refractivity contribution < 1.29 is 24.1 Å². The monoisotopic (exact) mass is 315 g/mol. The smallest absolute Gasteiger partial charge is 0.208 e. The Morgan fingerprint density at radius 3 is 1.39 bits per heavy atom. The Balaban J connectivity index is 4.14. The number of hydrogen-bond donors (Lipinski definition) is 1. The average molecular weight is 315 g/mol. The van der Waals surface area contributed by atoms with Crippen LogP contribution in [-0.2, 0) is 0 Å². The fourth-order valence-corrected chi connectivity index (χ4v) is 2.02. The Kier molecular flexibility index (Phi) is 5.66. The molecule has 0 unspecified atom stereocenters. The van der Waals surface area contributed by atoms with Crippen LogP contribution in [0.4, 0.5) is 0 Å². The second kappa shape index (κ2) is 7.44. The Hall–Kier alpha value is -3.57. The molecular weight excluding hydrogens is 302 g/mol. The molecule has 23 heavy (non-hydrogen) atoms. The second-order valence-corrected chi connectivity index (χ2v) is 3.94. The van der Waals surface area contributed by atoms with Gasteiger partial charge in [-0.15, -0.1) is 0 Å². The number of methoxy groups -OCH3 is 4. The number of phenols is 1. The normalized spacial score (nSPS) is 8.91. The number of nitriles is 3. The predicted molar refractivity (Wildman–Crippen MR) is 78.1 cm³/mol. The molecule has 0 atom stereocenters. The number of phenolic OH excluding ortho intramolecular Hbond substituents is 1. The molecule has 0 heterocycles. The average Bonchev–Trinajstić information content (AvgIpc) is 2.58. The summed E-state index contributed by atoms with van der Waals surface area (Å²) in [5.41, 5.74) is -0.763. The quantitative estimate of drug-likeness (QED) is 0.813. The van der Waals surface area contributed by atoms with Crippen molar-refractivity contribution in [3.8, 4) is 47.0 Å². The highest BCUT2D eigenvalue weighted by atomic mass is 16.5. The molecule has 0 fully saturated rings. The largest absolute Gasteiger partial charge is 0.501 e. The SMILES string of the molecule is COc1c(O)c(OC)c(OC)c(C(C#N)=C(C#N)C#N)c1OC. The van der Waals surface area contributed by atoms with Crippen LogP contribution in [-0.4, -0.2) is 33.5 Å². The van der Waals surface area contributed by atoms with Crippen molar-refractivity contribution in [1.82, 2.24) is 0 Å². The maximum Gasteiger partial charge on any atom is 0.208 e. The van der Waals surface area contributed by atoms with E-state index < -0.39 is 11.3 Å². The minimum absolute atomic E-state index is 0.0258. The third-order valence-corrected chi connectivity index (χ3v) is 2.95. The Morgan fingerprint density at radius 1 is 0.739 bits per heavy atom. The van der Waals surface area contributed by atoms with Crippen LogP contribution in [0.15, 0.2) is 5.57 Å². The lowest BCUT2D eigenvalue weighted by atomic mass is 9.98. The van der Waals surface area contributed by atoms with Crippen LogP contribution >= 0.6 is 0 Å². The molecular formula is C15H13N3O5. The van der Waals surface area contributed by atoms with Crippen LogP contribution in [0, 0.1) is 34.0 Å². The van der Waals surface area contributed by atoms with Crippen LogP contribution in [0.1, 0.15) is 5.56 Å². The summed E-state index contributed by atoms with van der Waals surface area (Å²) in [6, 6.07) is 5.04. The zero-order chi connectivity index (χ0) is 17.6. The van der Waals surface area contributed by atoms with Crippen molar-refractivity contribution in [3.05, 3.63) is 11.1 Å². The number of allylic oxidation sites excluding steroid dienone is 2. The molecule has 8 nitrogen and oxygen atoms in total. The van der Waals surface area contributed by atoms with Gasteiger partial charge < -0.3 is 24.1 Å². The Morgan fingerprint density at radius 2 is 1.13 bits per heavy atom. The van der Waals surface area contributed by atoms with Gasteiger partial charge in [-0.1, -0.05) is 0 Å². The van der Waals surface area contributed by atoms with Crippen molar-refractivity contribution in [3.63, 3.8) is 0 Å². The zero-order valence-corrected chi connectivity index (χ0v) is 12.9. The molecule has 118 valence electrons. The van der Waals surface area contributed by atoms with E-state index in [0.29, 0.717) is 0 Å². The molecule has 0 saturated heterocycles. The number of benzene rings is 1. The van der Waals surface area contributed by atoms with E-state index in [0.717, 1.165) is 0 Å². The number of nitrogens with zero attached hydrogens (tertiary/aromatic N) is 3. The fraction of sp³-hybridized carbons (Fsp3) is 0.267. The molecule has 0 amide bonds. The van der Waals surface area contributed by atoms with Crippen molar-refractivity contribution in [2.75, 3.05) is 28.4 Å². The summed E-state index contributed by atoms with van der Waals surface area (Å²) < 4.78 is 20.5. The van der Waals surface area contributed by atoms with Crippen LogP contribution in [0.3, 0.4) is 0 Å². The Bertz CT molecular complexity index is 729. The molecule has 0 aromatic heterocycles. The molecule has 1 rings (SSSR count). The van der Waals surface area contributed by atoms with Crippen molar-refractivity contribution in [2.45, 2.75) is 0 Å². The highest BCUT2D eigenvalue weighted by Gasteiger charge is 2.31. The van der Waals surface area contributed by atoms with E-state index in [9.17, 15) is 10.4 Å². The van der Waals surface area contributed by atoms with E-state index in [-0.39, 0.29) is 34.1 Å². The van der Waals surface area contributed by atoms with Gasteiger partial charge in [0.05, 0.1) is 39.6 Å². The maximum absolute atomic E-state index is 10.2. The third-order valence-electron chi connectivity index (χ3n) is 2.95. The maximum atomic E-state index is 10.2. The molecule has 0 aliphatic rings. The lowest BCUT2D eigenvalue weighted by molar-refractivity contribution is 0.297. The van der Waals surface area contributed by atoms with Gasteiger partial charge in [-0.25, -0.2) is 0 Å². The van der Waals surface area contributed by atoms with E-state index in [4.69, 9.17) is 29.5 Å². The predicted octanol–water partition coefficient (Wildman–Crippen LogP) is 1.75. The minimum Gasteiger partial charge on any atom is -0.501 e. The van der Waals surface area contributed by atoms with Crippen molar-refractivity contribution in [2.24, 2.45) is 0 Å². The van der Waals surface area contributed by atoms with Crippen LogP contribution in [0.25, 0.3) is 5.57 Å². The van der Waals surface area contributed by atoms with Gasteiger partial charge >= 0.3 is 0 Å². The van der Waals surface area contributed by atoms with Gasteiger partial charge in [0, 0.05) is 0 Å². The van der Waals surface area contributed by atoms with E-state index in [2.05, 4.69) is 0 Å². The summed E-state index contributed by atoms with van der Waals surface area (Å²) in [6.07, 6.45) is 0. The summed E-state index contributed by atoms with van der Waals surface area (Å²) >= 11 is 0. The van der Waals surface area contributed by atoms with Gasteiger partial charge in [-0.05, 0) is 0 Å². The molecule has 0 saturated carbocycles. The fourth-order valence-electron chi connectivity index (χ4n) is 2.02. The lowest BCUT2D eigenvalue weighted by Gasteiger charge is -2.20. The summed E-state index contributed by atoms with van der Waals surface area (Å²) in [5, 5.41) is 37.7. The number of aromatic hydroxyl groups is 1.